The highest BCUT2D eigenvalue weighted by Crippen LogP contribution is 2.32. The number of benzene rings is 1. The first-order valence-corrected chi connectivity index (χ1v) is 7.67. The number of nitrogens with zero attached hydrogens (tertiary/aromatic N) is 1. The lowest BCUT2D eigenvalue weighted by molar-refractivity contribution is 0.0946. The van der Waals surface area contributed by atoms with E-state index in [1.54, 1.807) is 12.3 Å². The monoisotopic (exact) mass is 311 g/mol. The number of carbonyl (C=O) groups excluding carboxylic acids is 1. The molecular formula is C17H17N3O3. The predicted molar refractivity (Wildman–Crippen MR) is 84.6 cm³/mol. The van der Waals surface area contributed by atoms with Gasteiger partial charge in [0.15, 0.2) is 11.5 Å². The summed E-state index contributed by atoms with van der Waals surface area (Å²) in [5.74, 6) is 1.43. The van der Waals surface area contributed by atoms with Gasteiger partial charge in [-0.05, 0) is 42.7 Å². The first kappa shape index (κ1) is 13.9. The number of aromatic nitrogens is 1. The topological polar surface area (TPSA) is 72.5 Å². The first-order valence-electron chi connectivity index (χ1n) is 7.67. The van der Waals surface area contributed by atoms with E-state index in [1.807, 2.05) is 24.3 Å². The van der Waals surface area contributed by atoms with E-state index < -0.39 is 0 Å². The molecule has 1 aromatic carbocycles. The van der Waals surface area contributed by atoms with Gasteiger partial charge in [-0.2, -0.15) is 0 Å². The normalized spacial score (nSPS) is 15.3. The van der Waals surface area contributed by atoms with E-state index in [0.717, 1.165) is 35.6 Å². The van der Waals surface area contributed by atoms with Crippen LogP contribution in [0.25, 0.3) is 0 Å². The van der Waals surface area contributed by atoms with E-state index in [2.05, 4.69) is 15.6 Å². The number of carbonyl (C=O) groups is 1. The SMILES string of the molecule is O=C(NC1CC1)c1cc(NCc2ccc3c(c2)OCO3)ccn1. The van der Waals surface area contributed by atoms with Crippen molar-refractivity contribution in [1.82, 2.24) is 10.3 Å². The molecule has 1 aliphatic heterocycles. The second-order valence-electron chi connectivity index (χ2n) is 5.72. The largest absolute Gasteiger partial charge is 0.454 e. The Morgan fingerprint density at radius 1 is 1.17 bits per heavy atom. The third kappa shape index (κ3) is 3.21. The number of anilines is 1. The van der Waals surface area contributed by atoms with Crippen molar-refractivity contribution in [2.75, 3.05) is 12.1 Å². The smallest absolute Gasteiger partial charge is 0.270 e. The van der Waals surface area contributed by atoms with Crippen molar-refractivity contribution in [3.63, 3.8) is 0 Å². The molecule has 1 aromatic heterocycles. The Kier molecular flexibility index (Phi) is 3.49. The fraction of sp³-hybridized carbons (Fsp3) is 0.294. The van der Waals surface area contributed by atoms with E-state index in [-0.39, 0.29) is 12.7 Å². The van der Waals surface area contributed by atoms with Gasteiger partial charge in [0.25, 0.3) is 5.91 Å². The van der Waals surface area contributed by atoms with Crippen molar-refractivity contribution in [3.05, 3.63) is 47.8 Å². The molecule has 0 bridgehead atoms. The van der Waals surface area contributed by atoms with Crippen LogP contribution >= 0.6 is 0 Å². The zero-order valence-corrected chi connectivity index (χ0v) is 12.5. The standard InChI is InChI=1S/C17H17N3O3/c21-17(20-12-2-3-12)14-8-13(5-6-18-14)19-9-11-1-4-15-16(7-11)23-10-22-15/h1,4-8,12H,2-3,9-10H2,(H,18,19)(H,20,21). The molecule has 118 valence electrons. The van der Waals surface area contributed by atoms with Gasteiger partial charge in [0.1, 0.15) is 5.69 Å². The third-order valence-electron chi connectivity index (χ3n) is 3.84. The number of rotatable bonds is 5. The van der Waals surface area contributed by atoms with Gasteiger partial charge in [-0.3, -0.25) is 9.78 Å². The van der Waals surface area contributed by atoms with Crippen LogP contribution in [0.4, 0.5) is 5.69 Å². The lowest BCUT2D eigenvalue weighted by atomic mass is 10.2. The summed E-state index contributed by atoms with van der Waals surface area (Å²) in [5.41, 5.74) is 2.38. The summed E-state index contributed by atoms with van der Waals surface area (Å²) in [4.78, 5) is 16.2. The van der Waals surface area contributed by atoms with E-state index in [1.165, 1.54) is 0 Å². The Hall–Kier alpha value is -2.76. The maximum absolute atomic E-state index is 12.0. The number of amides is 1. The van der Waals surface area contributed by atoms with Crippen LogP contribution in [0.1, 0.15) is 28.9 Å². The molecule has 6 heteroatoms. The minimum absolute atomic E-state index is 0.112. The van der Waals surface area contributed by atoms with Crippen molar-refractivity contribution in [2.45, 2.75) is 25.4 Å². The molecule has 2 aliphatic rings. The van der Waals surface area contributed by atoms with Crippen molar-refractivity contribution in [1.29, 1.82) is 0 Å². The lowest BCUT2D eigenvalue weighted by Gasteiger charge is -2.09. The van der Waals surface area contributed by atoms with Crippen LogP contribution in [0.2, 0.25) is 0 Å². The molecular weight excluding hydrogens is 294 g/mol. The Balaban J connectivity index is 1.41. The quantitative estimate of drug-likeness (QED) is 0.886. The molecule has 0 saturated heterocycles. The number of ether oxygens (including phenoxy) is 2. The molecule has 0 spiro atoms. The summed E-state index contributed by atoms with van der Waals surface area (Å²) in [7, 11) is 0. The molecule has 4 rings (SSSR count). The fourth-order valence-corrected chi connectivity index (χ4v) is 2.41. The summed E-state index contributed by atoms with van der Waals surface area (Å²) in [6.07, 6.45) is 3.77. The minimum atomic E-state index is -0.112. The summed E-state index contributed by atoms with van der Waals surface area (Å²) in [5, 5.41) is 6.24. The summed E-state index contributed by atoms with van der Waals surface area (Å²) in [6.45, 7) is 0.903. The molecule has 2 aromatic rings. The molecule has 0 unspecified atom stereocenters. The number of fused-ring (bicyclic) bond motifs is 1. The number of nitrogens with one attached hydrogen (secondary N) is 2. The van der Waals surface area contributed by atoms with Crippen molar-refractivity contribution in [3.8, 4) is 11.5 Å². The second kappa shape index (κ2) is 5.79. The highest BCUT2D eigenvalue weighted by Gasteiger charge is 2.24. The van der Waals surface area contributed by atoms with Gasteiger partial charge < -0.3 is 20.1 Å². The molecule has 1 aliphatic carbocycles. The van der Waals surface area contributed by atoms with E-state index in [0.29, 0.717) is 18.3 Å². The number of pyridine rings is 1. The van der Waals surface area contributed by atoms with Crippen LogP contribution in [0.3, 0.4) is 0 Å². The maximum atomic E-state index is 12.0. The lowest BCUT2D eigenvalue weighted by Crippen LogP contribution is -2.26. The highest BCUT2D eigenvalue weighted by molar-refractivity contribution is 5.93. The van der Waals surface area contributed by atoms with Crippen molar-refractivity contribution in [2.24, 2.45) is 0 Å². The van der Waals surface area contributed by atoms with Crippen molar-refractivity contribution >= 4 is 11.6 Å². The summed E-state index contributed by atoms with van der Waals surface area (Å²) < 4.78 is 10.7. The Morgan fingerprint density at radius 2 is 2.04 bits per heavy atom. The Bertz CT molecular complexity index is 744. The molecule has 0 atom stereocenters. The third-order valence-corrected chi connectivity index (χ3v) is 3.84. The molecule has 0 radical (unpaired) electrons. The summed E-state index contributed by atoms with van der Waals surface area (Å²) in [6, 6.07) is 9.79. The van der Waals surface area contributed by atoms with Crippen LogP contribution < -0.4 is 20.1 Å². The molecule has 1 saturated carbocycles. The molecule has 1 amide bonds. The molecule has 1 fully saturated rings. The first-order chi connectivity index (χ1) is 11.3. The fourth-order valence-electron chi connectivity index (χ4n) is 2.41. The molecule has 23 heavy (non-hydrogen) atoms. The van der Waals surface area contributed by atoms with Gasteiger partial charge in [-0.1, -0.05) is 6.07 Å². The van der Waals surface area contributed by atoms with Gasteiger partial charge in [0, 0.05) is 24.5 Å². The van der Waals surface area contributed by atoms with Crippen molar-refractivity contribution < 1.29 is 14.3 Å². The zero-order valence-electron chi connectivity index (χ0n) is 12.5. The van der Waals surface area contributed by atoms with Crippen LogP contribution in [-0.2, 0) is 6.54 Å². The van der Waals surface area contributed by atoms with Gasteiger partial charge in [0.2, 0.25) is 6.79 Å². The van der Waals surface area contributed by atoms with Gasteiger partial charge in [-0.15, -0.1) is 0 Å². The van der Waals surface area contributed by atoms with Crippen LogP contribution in [0.5, 0.6) is 11.5 Å². The zero-order chi connectivity index (χ0) is 15.6. The average Bonchev–Trinajstić information content (AvgIpc) is 3.26. The van der Waals surface area contributed by atoms with Crippen LogP contribution in [-0.4, -0.2) is 23.7 Å². The van der Waals surface area contributed by atoms with E-state index in [4.69, 9.17) is 9.47 Å². The number of hydrogen-bond donors (Lipinski definition) is 2. The maximum Gasteiger partial charge on any atom is 0.270 e. The molecule has 6 nitrogen and oxygen atoms in total. The van der Waals surface area contributed by atoms with Gasteiger partial charge >= 0.3 is 0 Å². The average molecular weight is 311 g/mol. The molecule has 2 heterocycles. The van der Waals surface area contributed by atoms with Gasteiger partial charge in [0.05, 0.1) is 0 Å². The van der Waals surface area contributed by atoms with E-state index >= 15 is 0 Å². The predicted octanol–water partition coefficient (Wildman–Crippen LogP) is 2.31. The number of hydrogen-bond acceptors (Lipinski definition) is 5. The van der Waals surface area contributed by atoms with Gasteiger partial charge in [-0.25, -0.2) is 0 Å². The Morgan fingerprint density at radius 3 is 2.91 bits per heavy atom. The second-order valence-corrected chi connectivity index (χ2v) is 5.72. The van der Waals surface area contributed by atoms with E-state index in [9.17, 15) is 4.79 Å². The highest BCUT2D eigenvalue weighted by atomic mass is 16.7. The summed E-state index contributed by atoms with van der Waals surface area (Å²) >= 11 is 0. The van der Waals surface area contributed by atoms with Crippen LogP contribution in [0, 0.1) is 0 Å². The Labute approximate surface area is 133 Å². The molecule has 2 N–H and O–H groups in total. The van der Waals surface area contributed by atoms with Crippen LogP contribution in [0.15, 0.2) is 36.5 Å². The minimum Gasteiger partial charge on any atom is -0.454 e.